The second kappa shape index (κ2) is 11.4. The fraction of sp³-hybridized carbons (Fsp3) is 0.152. The number of fused-ring (bicyclic) bond motifs is 7. The van der Waals surface area contributed by atoms with Crippen molar-refractivity contribution in [3.8, 4) is 28.2 Å². The Morgan fingerprint density at radius 2 is 1.35 bits per heavy atom. The van der Waals surface area contributed by atoms with Gasteiger partial charge in [0, 0.05) is 29.8 Å². The molecule has 7 aromatic carbocycles. The van der Waals surface area contributed by atoms with Crippen LogP contribution in [0.1, 0.15) is 60.3 Å². The first-order valence-corrected chi connectivity index (χ1v) is 17.9. The van der Waals surface area contributed by atoms with Crippen LogP contribution in [-0.2, 0) is 0 Å². The summed E-state index contributed by atoms with van der Waals surface area (Å²) < 4.78 is 28.6. The summed E-state index contributed by atoms with van der Waals surface area (Å²) in [6.07, 6.45) is 0. The van der Waals surface area contributed by atoms with Crippen LogP contribution in [0.3, 0.4) is 0 Å². The Labute approximate surface area is 295 Å². The Bertz CT molecular complexity index is 2810. The maximum absolute atomic E-state index is 7.92. The van der Waals surface area contributed by atoms with Gasteiger partial charge in [-0.25, -0.2) is 4.98 Å². The first-order chi connectivity index (χ1) is 25.1. The van der Waals surface area contributed by atoms with Crippen molar-refractivity contribution in [2.75, 3.05) is 0 Å². The molecule has 2 heterocycles. The van der Waals surface area contributed by atoms with Gasteiger partial charge in [-0.3, -0.25) is 4.57 Å². The van der Waals surface area contributed by atoms with Crippen LogP contribution in [0.25, 0.3) is 81.0 Å². The number of thiophene rings is 1. The van der Waals surface area contributed by atoms with Crippen LogP contribution >= 0.6 is 11.3 Å². The Hall–Kier alpha value is -5.25. The summed E-state index contributed by atoms with van der Waals surface area (Å²) in [5.74, 6) is 1.51. The van der Waals surface area contributed by atoms with Gasteiger partial charge in [-0.2, -0.15) is 0 Å². The molecule has 0 radical (unpaired) electrons. The second-order valence-electron chi connectivity index (χ2n) is 13.8. The van der Waals surface area contributed by atoms with Gasteiger partial charge in [0.15, 0.2) is 0 Å². The van der Waals surface area contributed by atoms with Crippen LogP contribution in [0.2, 0.25) is 0 Å². The van der Waals surface area contributed by atoms with E-state index in [9.17, 15) is 0 Å². The monoisotopic (exact) mass is 653 g/mol. The van der Waals surface area contributed by atoms with Crippen molar-refractivity contribution in [2.45, 2.75) is 46.4 Å². The molecule has 49 heavy (non-hydrogen) atoms. The molecule has 9 aromatic rings. The average molecular weight is 654 g/mol. The lowest BCUT2D eigenvalue weighted by Crippen LogP contribution is -2.09. The van der Waals surface area contributed by atoms with Crippen LogP contribution in [0.5, 0.6) is 0 Å². The van der Waals surface area contributed by atoms with Gasteiger partial charge in [0.1, 0.15) is 5.82 Å². The van der Waals surface area contributed by atoms with Crippen molar-refractivity contribution >= 4 is 64.1 Å². The van der Waals surface area contributed by atoms with E-state index in [0.717, 1.165) is 44.0 Å². The van der Waals surface area contributed by atoms with Crippen molar-refractivity contribution in [2.24, 2.45) is 0 Å². The van der Waals surface area contributed by atoms with Crippen molar-refractivity contribution in [3.05, 3.63) is 144 Å². The highest BCUT2D eigenvalue weighted by Crippen LogP contribution is 2.45. The lowest BCUT2D eigenvalue weighted by molar-refractivity contribution is 0.812. The van der Waals surface area contributed by atoms with Gasteiger partial charge >= 0.3 is 0 Å². The standard InChI is InChI=1S/C46H38N2S/c1-27(2)37-24-33(30-12-7-6-8-13-30)25-38(28(3)4)44(37)48-42-17-10-9-16-41(42)47-46(48)36-15-11-14-35-40-23-32-20-19-31-22-29(5)18-21-34(31)39(32)26-43(40)49-45(35)36/h6-28H,1-5H3/i5D3. The van der Waals surface area contributed by atoms with E-state index in [1.54, 1.807) is 17.4 Å². The van der Waals surface area contributed by atoms with Crippen LogP contribution in [0, 0.1) is 6.85 Å². The number of rotatable bonds is 5. The molecule has 0 unspecified atom stereocenters. The molecule has 0 saturated carbocycles. The third kappa shape index (κ3) is 4.79. The van der Waals surface area contributed by atoms with Crippen LogP contribution in [-0.4, -0.2) is 9.55 Å². The number of benzene rings is 7. The molecule has 0 aliphatic rings. The molecule has 2 nitrogen and oxygen atoms in total. The molecule has 0 amide bonds. The van der Waals surface area contributed by atoms with Crippen molar-refractivity contribution in [3.63, 3.8) is 0 Å². The van der Waals surface area contributed by atoms with Gasteiger partial charge in [0.2, 0.25) is 0 Å². The van der Waals surface area contributed by atoms with E-state index in [-0.39, 0.29) is 11.8 Å². The van der Waals surface area contributed by atoms with Gasteiger partial charge in [0.25, 0.3) is 0 Å². The minimum Gasteiger partial charge on any atom is -0.292 e. The zero-order valence-corrected chi connectivity index (χ0v) is 28.9. The average Bonchev–Trinajstić information content (AvgIpc) is 3.71. The SMILES string of the molecule is [2H]C([2H])([2H])c1ccc2c(ccc3cc4c(cc32)sc2c(-c3nc5ccccc5n3-c3c(C(C)C)cc(-c5ccccc5)cc3C(C)C)cccc24)c1. The summed E-state index contributed by atoms with van der Waals surface area (Å²) in [5.41, 5.74) is 9.84. The maximum Gasteiger partial charge on any atom is 0.147 e. The molecule has 0 fully saturated rings. The van der Waals surface area contributed by atoms with E-state index in [1.807, 2.05) is 18.2 Å². The molecule has 0 aliphatic carbocycles. The number of hydrogen-bond acceptors (Lipinski definition) is 2. The predicted octanol–water partition coefficient (Wildman–Crippen LogP) is 13.6. The third-order valence-electron chi connectivity index (χ3n) is 10.00. The molecule has 3 heteroatoms. The normalized spacial score (nSPS) is 13.3. The smallest absolute Gasteiger partial charge is 0.147 e. The minimum atomic E-state index is -2.14. The number of aromatic nitrogens is 2. The number of nitrogens with zero attached hydrogens (tertiary/aromatic N) is 2. The molecule has 0 N–H and O–H groups in total. The second-order valence-corrected chi connectivity index (χ2v) is 14.8. The Morgan fingerprint density at radius 1 is 0.612 bits per heavy atom. The maximum atomic E-state index is 7.92. The van der Waals surface area contributed by atoms with Gasteiger partial charge in [-0.05, 0) is 105 Å². The highest BCUT2D eigenvalue weighted by atomic mass is 32.1. The predicted molar refractivity (Wildman–Crippen MR) is 213 cm³/mol. The molecular weight excluding hydrogens is 613 g/mol. The van der Waals surface area contributed by atoms with E-state index >= 15 is 0 Å². The number of para-hydroxylation sites is 2. The summed E-state index contributed by atoms with van der Waals surface area (Å²) in [5, 5.41) is 6.70. The molecule has 0 atom stereocenters. The first-order valence-electron chi connectivity index (χ1n) is 18.6. The zero-order valence-electron chi connectivity index (χ0n) is 31.1. The quantitative estimate of drug-likeness (QED) is 0.169. The summed E-state index contributed by atoms with van der Waals surface area (Å²) in [6, 6.07) is 44.9. The molecule has 0 bridgehead atoms. The van der Waals surface area contributed by atoms with Gasteiger partial charge in [-0.15, -0.1) is 11.3 Å². The topological polar surface area (TPSA) is 17.8 Å². The van der Waals surface area contributed by atoms with Crippen molar-refractivity contribution in [1.29, 1.82) is 0 Å². The molecule has 0 saturated heterocycles. The van der Waals surface area contributed by atoms with E-state index in [4.69, 9.17) is 9.10 Å². The zero-order chi connectivity index (χ0) is 35.9. The van der Waals surface area contributed by atoms with Crippen molar-refractivity contribution < 1.29 is 4.11 Å². The van der Waals surface area contributed by atoms with Crippen LogP contribution in [0.15, 0.2) is 127 Å². The summed E-state index contributed by atoms with van der Waals surface area (Å²) in [7, 11) is 0. The lowest BCUT2D eigenvalue weighted by Gasteiger charge is -2.24. The minimum absolute atomic E-state index is 0.281. The number of hydrogen-bond donors (Lipinski definition) is 0. The highest BCUT2D eigenvalue weighted by Gasteiger charge is 2.25. The summed E-state index contributed by atoms with van der Waals surface area (Å²) in [4.78, 5) is 5.41. The molecule has 238 valence electrons. The third-order valence-corrected chi connectivity index (χ3v) is 11.2. The Balaban J connectivity index is 1.31. The fourth-order valence-electron chi connectivity index (χ4n) is 7.58. The van der Waals surface area contributed by atoms with Gasteiger partial charge < -0.3 is 0 Å². The van der Waals surface area contributed by atoms with Gasteiger partial charge in [-0.1, -0.05) is 118 Å². The van der Waals surface area contributed by atoms with E-state index in [2.05, 4.69) is 135 Å². The van der Waals surface area contributed by atoms with E-state index in [0.29, 0.717) is 5.56 Å². The number of imidazole rings is 1. The fourth-order valence-corrected chi connectivity index (χ4v) is 8.81. The highest BCUT2D eigenvalue weighted by molar-refractivity contribution is 7.26. The molecule has 0 aliphatic heterocycles. The Kier molecular flexibility index (Phi) is 6.22. The van der Waals surface area contributed by atoms with Gasteiger partial charge in [0.05, 0.1) is 16.7 Å². The van der Waals surface area contributed by atoms with Crippen LogP contribution in [0.4, 0.5) is 0 Å². The first kappa shape index (κ1) is 26.7. The summed E-state index contributed by atoms with van der Waals surface area (Å²) >= 11 is 1.81. The largest absolute Gasteiger partial charge is 0.292 e. The summed E-state index contributed by atoms with van der Waals surface area (Å²) in [6.45, 7) is 7.04. The van der Waals surface area contributed by atoms with Crippen molar-refractivity contribution in [1.82, 2.24) is 9.55 Å². The molecule has 2 aromatic heterocycles. The molecular formula is C46H38N2S. The lowest BCUT2D eigenvalue weighted by atomic mass is 9.88. The molecule has 0 spiro atoms. The van der Waals surface area contributed by atoms with E-state index in [1.165, 1.54) is 48.1 Å². The number of aryl methyl sites for hydroxylation is 1. The Morgan fingerprint density at radius 3 is 2.10 bits per heavy atom. The van der Waals surface area contributed by atoms with Crippen LogP contribution < -0.4 is 0 Å². The van der Waals surface area contributed by atoms with E-state index < -0.39 is 6.85 Å². The molecule has 9 rings (SSSR count).